The van der Waals surface area contributed by atoms with Crippen molar-refractivity contribution >= 4 is 23.2 Å². The summed E-state index contributed by atoms with van der Waals surface area (Å²) in [6.45, 7) is 5.75. The molecular formula is C20H22FN3O2. The highest BCUT2D eigenvalue weighted by Gasteiger charge is 2.11. The summed E-state index contributed by atoms with van der Waals surface area (Å²) in [7, 11) is 0. The number of hydrogen-bond acceptors (Lipinski definition) is 3. The van der Waals surface area contributed by atoms with Crippen LogP contribution in [0.4, 0.5) is 10.1 Å². The number of nitrogens with one attached hydrogen (secondary N) is 2. The van der Waals surface area contributed by atoms with E-state index in [-0.39, 0.29) is 23.8 Å². The number of para-hydroxylation sites is 1. The Kier molecular flexibility index (Phi) is 6.60. The molecule has 0 aromatic heterocycles. The van der Waals surface area contributed by atoms with Gasteiger partial charge < -0.3 is 5.32 Å². The van der Waals surface area contributed by atoms with E-state index in [2.05, 4.69) is 29.7 Å². The first-order valence-corrected chi connectivity index (χ1v) is 8.34. The van der Waals surface area contributed by atoms with Crippen LogP contribution in [0.25, 0.3) is 0 Å². The van der Waals surface area contributed by atoms with Gasteiger partial charge in [0.05, 0.1) is 6.42 Å². The number of rotatable bonds is 6. The molecule has 0 saturated heterocycles. The van der Waals surface area contributed by atoms with Gasteiger partial charge in [-0.05, 0) is 42.7 Å². The van der Waals surface area contributed by atoms with Crippen molar-refractivity contribution in [3.05, 3.63) is 65.5 Å². The van der Waals surface area contributed by atoms with Gasteiger partial charge in [0.25, 0.3) is 5.91 Å². The number of amides is 2. The van der Waals surface area contributed by atoms with Crippen LogP contribution in [0.1, 0.15) is 49.0 Å². The van der Waals surface area contributed by atoms with Crippen LogP contribution in [0.5, 0.6) is 0 Å². The Labute approximate surface area is 152 Å². The lowest BCUT2D eigenvalue weighted by atomic mass is 10.0. The Morgan fingerprint density at radius 3 is 2.54 bits per heavy atom. The molecule has 0 atom stereocenters. The molecule has 26 heavy (non-hydrogen) atoms. The first-order chi connectivity index (χ1) is 12.4. The van der Waals surface area contributed by atoms with Gasteiger partial charge in [-0.15, -0.1) is 0 Å². The summed E-state index contributed by atoms with van der Waals surface area (Å²) < 4.78 is 13.1. The second kappa shape index (κ2) is 8.89. The Morgan fingerprint density at radius 1 is 1.12 bits per heavy atom. The van der Waals surface area contributed by atoms with E-state index in [0.29, 0.717) is 5.71 Å². The second-order valence-corrected chi connectivity index (χ2v) is 6.27. The summed E-state index contributed by atoms with van der Waals surface area (Å²) in [5.74, 6) is -0.970. The lowest BCUT2D eigenvalue weighted by Gasteiger charge is -2.13. The van der Waals surface area contributed by atoms with Crippen molar-refractivity contribution in [1.29, 1.82) is 0 Å². The van der Waals surface area contributed by atoms with Crippen molar-refractivity contribution < 1.29 is 14.0 Å². The predicted molar refractivity (Wildman–Crippen MR) is 101 cm³/mol. The lowest BCUT2D eigenvalue weighted by Crippen LogP contribution is -2.21. The zero-order valence-electron chi connectivity index (χ0n) is 15.0. The van der Waals surface area contributed by atoms with Crippen LogP contribution >= 0.6 is 0 Å². The number of halogens is 1. The van der Waals surface area contributed by atoms with Crippen LogP contribution < -0.4 is 10.7 Å². The van der Waals surface area contributed by atoms with Gasteiger partial charge in [0.1, 0.15) is 5.82 Å². The molecule has 2 aromatic carbocycles. The Morgan fingerprint density at radius 2 is 1.85 bits per heavy atom. The molecule has 0 heterocycles. The molecule has 0 unspecified atom stereocenters. The van der Waals surface area contributed by atoms with Gasteiger partial charge in [-0.25, -0.2) is 9.82 Å². The molecule has 0 spiro atoms. The molecule has 0 aliphatic carbocycles. The summed E-state index contributed by atoms with van der Waals surface area (Å²) in [5, 5.41) is 6.77. The quantitative estimate of drug-likeness (QED) is 0.605. The highest BCUT2D eigenvalue weighted by molar-refractivity contribution is 6.06. The molecule has 0 fully saturated rings. The van der Waals surface area contributed by atoms with E-state index in [0.717, 1.165) is 17.3 Å². The molecule has 2 N–H and O–H groups in total. The molecule has 0 aliphatic rings. The van der Waals surface area contributed by atoms with Crippen LogP contribution in [0.15, 0.2) is 53.6 Å². The normalized spacial score (nSPS) is 11.3. The number of anilines is 1. The van der Waals surface area contributed by atoms with Gasteiger partial charge >= 0.3 is 0 Å². The fourth-order valence-corrected chi connectivity index (χ4v) is 2.42. The molecule has 136 valence electrons. The van der Waals surface area contributed by atoms with E-state index >= 15 is 0 Å². The van der Waals surface area contributed by atoms with Crippen molar-refractivity contribution in [3.8, 4) is 0 Å². The van der Waals surface area contributed by atoms with Crippen LogP contribution in [-0.2, 0) is 4.79 Å². The van der Waals surface area contributed by atoms with Gasteiger partial charge in [-0.2, -0.15) is 5.10 Å². The average Bonchev–Trinajstić information content (AvgIpc) is 2.59. The van der Waals surface area contributed by atoms with Crippen molar-refractivity contribution in [3.63, 3.8) is 0 Å². The summed E-state index contributed by atoms with van der Waals surface area (Å²) in [6, 6.07) is 12.9. The molecule has 5 nitrogen and oxygen atoms in total. The first-order valence-electron chi connectivity index (χ1n) is 8.34. The van der Waals surface area contributed by atoms with Gasteiger partial charge in [-0.1, -0.05) is 38.1 Å². The first kappa shape index (κ1) is 19.3. The van der Waals surface area contributed by atoms with Gasteiger partial charge in [0, 0.05) is 17.0 Å². The zero-order chi connectivity index (χ0) is 19.1. The number of hydrazone groups is 1. The number of hydrogen-bond donors (Lipinski definition) is 2. The molecule has 2 aromatic rings. The standard InChI is InChI=1S/C20H22FN3O2/c1-13(2)17-9-4-5-10-18(17)22-19(25)11-14(3)23-24-20(26)15-7-6-8-16(21)12-15/h4-10,12-13H,11H2,1-3H3,(H,22,25)(H,24,26)/b23-14+. The maximum Gasteiger partial charge on any atom is 0.271 e. The minimum absolute atomic E-state index is 0.0376. The average molecular weight is 355 g/mol. The monoisotopic (exact) mass is 355 g/mol. The fourth-order valence-electron chi connectivity index (χ4n) is 2.42. The number of nitrogens with zero attached hydrogens (tertiary/aromatic N) is 1. The lowest BCUT2D eigenvalue weighted by molar-refractivity contribution is -0.115. The molecule has 0 saturated carbocycles. The molecule has 6 heteroatoms. The number of benzene rings is 2. The van der Waals surface area contributed by atoms with Gasteiger partial charge in [0.2, 0.25) is 5.91 Å². The number of carbonyl (C=O) groups is 2. The highest BCUT2D eigenvalue weighted by atomic mass is 19.1. The minimum Gasteiger partial charge on any atom is -0.325 e. The van der Waals surface area contributed by atoms with Crippen LogP contribution in [0.2, 0.25) is 0 Å². The topological polar surface area (TPSA) is 70.6 Å². The Balaban J connectivity index is 1.94. The molecular weight excluding hydrogens is 333 g/mol. The van der Waals surface area contributed by atoms with E-state index < -0.39 is 11.7 Å². The third kappa shape index (κ3) is 5.51. The van der Waals surface area contributed by atoms with Crippen molar-refractivity contribution in [2.45, 2.75) is 33.1 Å². The van der Waals surface area contributed by atoms with Crippen LogP contribution in [0.3, 0.4) is 0 Å². The zero-order valence-corrected chi connectivity index (χ0v) is 15.0. The largest absolute Gasteiger partial charge is 0.325 e. The maximum absolute atomic E-state index is 13.1. The molecule has 0 aliphatic heterocycles. The van der Waals surface area contributed by atoms with E-state index in [1.54, 1.807) is 6.92 Å². The summed E-state index contributed by atoms with van der Waals surface area (Å²) >= 11 is 0. The van der Waals surface area contributed by atoms with Crippen molar-refractivity contribution in [1.82, 2.24) is 5.43 Å². The maximum atomic E-state index is 13.1. The summed E-state index contributed by atoms with van der Waals surface area (Å²) in [6.07, 6.45) is 0.0376. The minimum atomic E-state index is -0.533. The molecule has 2 amide bonds. The predicted octanol–water partition coefficient (Wildman–Crippen LogP) is 4.08. The number of carbonyl (C=O) groups excluding carboxylic acids is 2. The Hall–Kier alpha value is -3.02. The Bertz CT molecular complexity index is 831. The molecule has 0 radical (unpaired) electrons. The summed E-state index contributed by atoms with van der Waals surface area (Å²) in [4.78, 5) is 24.1. The van der Waals surface area contributed by atoms with Gasteiger partial charge in [-0.3, -0.25) is 9.59 Å². The van der Waals surface area contributed by atoms with Crippen LogP contribution in [-0.4, -0.2) is 17.5 Å². The van der Waals surface area contributed by atoms with E-state index in [4.69, 9.17) is 0 Å². The second-order valence-electron chi connectivity index (χ2n) is 6.27. The third-order valence-electron chi connectivity index (χ3n) is 3.71. The van der Waals surface area contributed by atoms with Crippen molar-refractivity contribution in [2.24, 2.45) is 5.10 Å². The molecule has 0 bridgehead atoms. The van der Waals surface area contributed by atoms with Gasteiger partial charge in [0.15, 0.2) is 0 Å². The summed E-state index contributed by atoms with van der Waals surface area (Å²) in [5.41, 5.74) is 4.75. The van der Waals surface area contributed by atoms with Crippen LogP contribution in [0, 0.1) is 5.82 Å². The smallest absolute Gasteiger partial charge is 0.271 e. The van der Waals surface area contributed by atoms with E-state index in [1.807, 2.05) is 24.3 Å². The van der Waals surface area contributed by atoms with Crippen molar-refractivity contribution in [2.75, 3.05) is 5.32 Å². The van der Waals surface area contributed by atoms with E-state index in [9.17, 15) is 14.0 Å². The highest BCUT2D eigenvalue weighted by Crippen LogP contribution is 2.23. The molecule has 2 rings (SSSR count). The third-order valence-corrected chi connectivity index (χ3v) is 3.71. The SMILES string of the molecule is C/C(CC(=O)Nc1ccccc1C(C)C)=N\NC(=O)c1cccc(F)c1. The fraction of sp³-hybridized carbons (Fsp3) is 0.250. The van der Waals surface area contributed by atoms with E-state index in [1.165, 1.54) is 18.2 Å².